The van der Waals surface area contributed by atoms with Gasteiger partial charge in [0.2, 0.25) is 11.8 Å². The van der Waals surface area contributed by atoms with Gasteiger partial charge in [0.25, 0.3) is 0 Å². The highest BCUT2D eigenvalue weighted by Crippen LogP contribution is 2.19. The van der Waals surface area contributed by atoms with Crippen LogP contribution in [0.2, 0.25) is 0 Å². The average molecular weight is 405 g/mol. The van der Waals surface area contributed by atoms with E-state index in [9.17, 15) is 9.59 Å². The molecule has 0 saturated heterocycles. The molecule has 154 valence electrons. The second-order valence-corrected chi connectivity index (χ2v) is 9.37. The van der Waals surface area contributed by atoms with Gasteiger partial charge in [-0.3, -0.25) is 9.59 Å². The van der Waals surface area contributed by atoms with Crippen molar-refractivity contribution in [3.63, 3.8) is 0 Å². The third kappa shape index (κ3) is 20.0. The number of rotatable bonds is 19. The van der Waals surface area contributed by atoms with Crippen LogP contribution in [0.15, 0.2) is 0 Å². The number of amides is 2. The third-order valence-electron chi connectivity index (χ3n) is 4.11. The molecule has 0 fully saturated rings. The van der Waals surface area contributed by atoms with Crippen molar-refractivity contribution < 1.29 is 9.59 Å². The van der Waals surface area contributed by atoms with Crippen molar-refractivity contribution in [2.45, 2.75) is 90.9 Å². The summed E-state index contributed by atoms with van der Waals surface area (Å²) in [4.78, 5) is 23.3. The molecule has 0 aromatic heterocycles. The summed E-state index contributed by atoms with van der Waals surface area (Å²) in [5.74, 6) is 2.19. The largest absolute Gasteiger partial charge is 0.355 e. The zero-order valence-electron chi connectivity index (χ0n) is 16.9. The fraction of sp³-hybridized carbons (Fsp3) is 0.900. The van der Waals surface area contributed by atoms with E-state index in [-0.39, 0.29) is 11.8 Å². The summed E-state index contributed by atoms with van der Waals surface area (Å²) in [6.45, 7) is 5.86. The van der Waals surface area contributed by atoms with E-state index < -0.39 is 0 Å². The van der Waals surface area contributed by atoms with Gasteiger partial charge in [-0.1, -0.05) is 86.8 Å². The fourth-order valence-electron chi connectivity index (χ4n) is 2.54. The molecule has 0 atom stereocenters. The molecule has 4 nitrogen and oxygen atoms in total. The van der Waals surface area contributed by atoms with Gasteiger partial charge in [-0.25, -0.2) is 0 Å². The second kappa shape index (κ2) is 20.9. The normalized spacial score (nSPS) is 10.7. The maximum atomic E-state index is 11.7. The van der Waals surface area contributed by atoms with Crippen molar-refractivity contribution in [1.29, 1.82) is 0 Å². The minimum Gasteiger partial charge on any atom is -0.355 e. The van der Waals surface area contributed by atoms with Gasteiger partial charge < -0.3 is 10.6 Å². The summed E-state index contributed by atoms with van der Waals surface area (Å²) >= 11 is 0. The number of carbonyl (C=O) groups is 2. The minimum absolute atomic E-state index is 0.179. The molecule has 0 rings (SSSR count). The molecule has 0 aromatic rings. The second-order valence-electron chi connectivity index (χ2n) is 6.67. The van der Waals surface area contributed by atoms with Crippen molar-refractivity contribution in [3.05, 3.63) is 0 Å². The van der Waals surface area contributed by atoms with Crippen LogP contribution in [0.1, 0.15) is 90.9 Å². The topological polar surface area (TPSA) is 58.2 Å². The van der Waals surface area contributed by atoms with Crippen molar-refractivity contribution in [2.24, 2.45) is 0 Å². The molecule has 0 bridgehead atoms. The average Bonchev–Trinajstić information content (AvgIpc) is 2.63. The summed E-state index contributed by atoms with van der Waals surface area (Å²) in [5, 5.41) is 5.95. The van der Waals surface area contributed by atoms with Crippen LogP contribution < -0.4 is 10.6 Å². The molecule has 0 spiro atoms. The van der Waals surface area contributed by atoms with E-state index in [1.807, 2.05) is 0 Å². The van der Waals surface area contributed by atoms with Crippen LogP contribution >= 0.6 is 21.6 Å². The molecule has 2 N–H and O–H groups in total. The van der Waals surface area contributed by atoms with E-state index in [0.717, 1.165) is 50.3 Å². The first kappa shape index (κ1) is 25.6. The third-order valence-corrected chi connectivity index (χ3v) is 6.52. The molecule has 0 heterocycles. The van der Waals surface area contributed by atoms with Crippen LogP contribution in [0.4, 0.5) is 0 Å². The number of hydrogen-bond acceptors (Lipinski definition) is 4. The van der Waals surface area contributed by atoms with E-state index in [1.165, 1.54) is 38.5 Å². The lowest BCUT2D eigenvalue weighted by Gasteiger charge is -2.06. The number of unbranched alkanes of at least 4 members (excludes halogenated alkanes) is 8. The summed E-state index contributed by atoms with van der Waals surface area (Å²) < 4.78 is 0. The van der Waals surface area contributed by atoms with Gasteiger partial charge >= 0.3 is 0 Å². The van der Waals surface area contributed by atoms with Gasteiger partial charge in [-0.15, -0.1) is 0 Å². The molecule has 0 aromatic carbocycles. The van der Waals surface area contributed by atoms with E-state index in [0.29, 0.717) is 12.8 Å². The standard InChI is InChI=1S/C20H40N2O2S2/c1-3-5-7-9-11-13-19(23)21-15-17-25-26-18-16-22-20(24)14-12-10-8-6-4-2/h3-18H2,1-2H3,(H,21,23)(H,22,24). The number of carbonyl (C=O) groups excluding carboxylic acids is 2. The van der Waals surface area contributed by atoms with Gasteiger partial charge in [0.1, 0.15) is 0 Å². The Morgan fingerprint density at radius 1 is 0.615 bits per heavy atom. The summed E-state index contributed by atoms with van der Waals surface area (Å²) in [7, 11) is 3.52. The first-order valence-corrected chi connectivity index (χ1v) is 13.0. The summed E-state index contributed by atoms with van der Waals surface area (Å²) in [5.41, 5.74) is 0. The Bertz CT molecular complexity index is 310. The summed E-state index contributed by atoms with van der Waals surface area (Å²) in [6.07, 6.45) is 13.2. The molecule has 0 radical (unpaired) electrons. The molecule has 0 saturated carbocycles. The van der Waals surface area contributed by atoms with Gasteiger partial charge in [0.15, 0.2) is 0 Å². The van der Waals surface area contributed by atoms with Crippen LogP contribution in [-0.4, -0.2) is 36.4 Å². The van der Waals surface area contributed by atoms with Crippen LogP contribution in [0.5, 0.6) is 0 Å². The lowest BCUT2D eigenvalue weighted by Crippen LogP contribution is -2.26. The van der Waals surface area contributed by atoms with Gasteiger partial charge in [-0.2, -0.15) is 0 Å². The maximum absolute atomic E-state index is 11.7. The van der Waals surface area contributed by atoms with Crippen molar-refractivity contribution in [2.75, 3.05) is 24.6 Å². The molecule has 0 unspecified atom stereocenters. The Balaban J connectivity index is 3.25. The van der Waals surface area contributed by atoms with Crippen LogP contribution in [0.3, 0.4) is 0 Å². The van der Waals surface area contributed by atoms with E-state index in [1.54, 1.807) is 21.6 Å². The van der Waals surface area contributed by atoms with Crippen molar-refractivity contribution in [1.82, 2.24) is 10.6 Å². The highest BCUT2D eigenvalue weighted by Gasteiger charge is 2.02. The highest BCUT2D eigenvalue weighted by atomic mass is 33.1. The van der Waals surface area contributed by atoms with Crippen molar-refractivity contribution in [3.8, 4) is 0 Å². The first-order chi connectivity index (χ1) is 12.7. The number of nitrogens with one attached hydrogen (secondary N) is 2. The summed E-state index contributed by atoms with van der Waals surface area (Å²) in [6, 6.07) is 0. The van der Waals surface area contributed by atoms with E-state index in [2.05, 4.69) is 24.5 Å². The smallest absolute Gasteiger partial charge is 0.220 e. The molecule has 0 aliphatic carbocycles. The molecule has 0 aliphatic rings. The predicted molar refractivity (Wildman–Crippen MR) is 118 cm³/mol. The molecular weight excluding hydrogens is 364 g/mol. The maximum Gasteiger partial charge on any atom is 0.220 e. The van der Waals surface area contributed by atoms with E-state index in [4.69, 9.17) is 0 Å². The first-order valence-electron chi connectivity index (χ1n) is 10.5. The molecule has 6 heteroatoms. The molecule has 26 heavy (non-hydrogen) atoms. The Kier molecular flexibility index (Phi) is 20.7. The van der Waals surface area contributed by atoms with Crippen LogP contribution in [0, 0.1) is 0 Å². The van der Waals surface area contributed by atoms with E-state index >= 15 is 0 Å². The van der Waals surface area contributed by atoms with Crippen LogP contribution in [-0.2, 0) is 9.59 Å². The Morgan fingerprint density at radius 3 is 1.38 bits per heavy atom. The molecule has 2 amide bonds. The fourth-order valence-corrected chi connectivity index (χ4v) is 4.35. The zero-order valence-corrected chi connectivity index (χ0v) is 18.6. The SMILES string of the molecule is CCCCCCCC(=O)NCCSSCCNC(=O)CCCCCCC. The van der Waals surface area contributed by atoms with Gasteiger partial charge in [0, 0.05) is 37.4 Å². The Labute approximate surface area is 169 Å². The lowest BCUT2D eigenvalue weighted by molar-refractivity contribution is -0.121. The Morgan fingerprint density at radius 2 is 1.00 bits per heavy atom. The zero-order chi connectivity index (χ0) is 19.3. The monoisotopic (exact) mass is 404 g/mol. The van der Waals surface area contributed by atoms with Gasteiger partial charge in [-0.05, 0) is 12.8 Å². The predicted octanol–water partition coefficient (Wildman–Crippen LogP) is 5.32. The molecular formula is C20H40N2O2S2. The van der Waals surface area contributed by atoms with Gasteiger partial charge in [0.05, 0.1) is 0 Å². The lowest BCUT2D eigenvalue weighted by atomic mass is 10.1. The molecule has 0 aliphatic heterocycles. The highest BCUT2D eigenvalue weighted by molar-refractivity contribution is 8.76. The quantitative estimate of drug-likeness (QED) is 0.226. The van der Waals surface area contributed by atoms with Crippen molar-refractivity contribution >= 4 is 33.4 Å². The number of hydrogen-bond donors (Lipinski definition) is 2. The minimum atomic E-state index is 0.179. The van der Waals surface area contributed by atoms with Crippen LogP contribution in [0.25, 0.3) is 0 Å². The Hall–Kier alpha value is -0.360.